The summed E-state index contributed by atoms with van der Waals surface area (Å²) < 4.78 is 1.82. The number of β-amino-alcohol motifs (C(OH)–C–C–N with tert-alkyl or cyclic N) is 1. The number of fused-ring (bicyclic) bond motifs is 1. The van der Waals surface area contributed by atoms with Crippen LogP contribution in [0.15, 0.2) is 18.2 Å². The van der Waals surface area contributed by atoms with E-state index in [4.69, 9.17) is 5.11 Å². The Balaban J connectivity index is 1.72. The summed E-state index contributed by atoms with van der Waals surface area (Å²) in [5.74, 6) is 0.0385. The molecule has 2 aromatic rings. The minimum atomic E-state index is 0.0385. The molecule has 1 saturated heterocycles. The van der Waals surface area contributed by atoms with Crippen LogP contribution in [-0.2, 0) is 6.54 Å². The molecule has 0 spiro atoms. The fraction of sp³-hybridized carbons (Fsp3) is 0.533. The van der Waals surface area contributed by atoms with Crippen molar-refractivity contribution in [3.05, 3.63) is 23.8 Å². The summed E-state index contributed by atoms with van der Waals surface area (Å²) in [5.41, 5.74) is 2.37. The predicted octanol–water partition coefficient (Wildman–Crippen LogP) is 0.201. The third-order valence-corrected chi connectivity index (χ3v) is 4.14. The zero-order valence-electron chi connectivity index (χ0n) is 12.8. The maximum atomic E-state index is 12.6. The van der Waals surface area contributed by atoms with Crippen molar-refractivity contribution in [1.29, 1.82) is 0 Å². The maximum absolute atomic E-state index is 12.6. The number of rotatable bonds is 4. The molecule has 7 heteroatoms. The van der Waals surface area contributed by atoms with Crippen LogP contribution >= 0.6 is 0 Å². The summed E-state index contributed by atoms with van der Waals surface area (Å²) in [6.45, 7) is 6.61. The SMILES string of the molecule is CCn1nnc2cc(C(=O)N3CCN(CCO)CC3)ccc21. The van der Waals surface area contributed by atoms with Gasteiger partial charge in [-0.25, -0.2) is 4.68 Å². The summed E-state index contributed by atoms with van der Waals surface area (Å²) in [4.78, 5) is 16.6. The number of aliphatic hydroxyl groups is 1. The van der Waals surface area contributed by atoms with Crippen molar-refractivity contribution in [1.82, 2.24) is 24.8 Å². The number of hydrogen-bond donors (Lipinski definition) is 1. The van der Waals surface area contributed by atoms with E-state index >= 15 is 0 Å². The Bertz CT molecular complexity index is 661. The molecule has 0 bridgehead atoms. The van der Waals surface area contributed by atoms with E-state index in [9.17, 15) is 4.79 Å². The highest BCUT2D eigenvalue weighted by Crippen LogP contribution is 2.16. The molecule has 1 N–H and O–H groups in total. The molecule has 1 aliphatic heterocycles. The first kappa shape index (κ1) is 14.9. The van der Waals surface area contributed by atoms with Gasteiger partial charge in [0.25, 0.3) is 5.91 Å². The molecule has 1 amide bonds. The third kappa shape index (κ3) is 2.82. The minimum Gasteiger partial charge on any atom is -0.395 e. The number of carbonyl (C=O) groups is 1. The molecular formula is C15H21N5O2. The van der Waals surface area contributed by atoms with Crippen molar-refractivity contribution in [3.63, 3.8) is 0 Å². The number of benzene rings is 1. The number of piperazine rings is 1. The first-order valence-electron chi connectivity index (χ1n) is 7.68. The average Bonchev–Trinajstić information content (AvgIpc) is 2.97. The second kappa shape index (κ2) is 6.41. The number of nitrogens with zero attached hydrogens (tertiary/aromatic N) is 5. The van der Waals surface area contributed by atoms with Gasteiger partial charge in [0.1, 0.15) is 5.52 Å². The highest BCUT2D eigenvalue weighted by atomic mass is 16.3. The first-order valence-corrected chi connectivity index (χ1v) is 7.68. The Morgan fingerprint density at radius 1 is 1.27 bits per heavy atom. The lowest BCUT2D eigenvalue weighted by Gasteiger charge is -2.34. The average molecular weight is 303 g/mol. The van der Waals surface area contributed by atoms with Crippen molar-refractivity contribution < 1.29 is 9.90 Å². The molecule has 2 heterocycles. The number of amides is 1. The Morgan fingerprint density at radius 3 is 2.73 bits per heavy atom. The van der Waals surface area contributed by atoms with Crippen LogP contribution in [0.1, 0.15) is 17.3 Å². The summed E-state index contributed by atoms with van der Waals surface area (Å²) >= 11 is 0. The van der Waals surface area contributed by atoms with Gasteiger partial charge in [-0.15, -0.1) is 5.10 Å². The van der Waals surface area contributed by atoms with E-state index in [2.05, 4.69) is 15.2 Å². The minimum absolute atomic E-state index is 0.0385. The van der Waals surface area contributed by atoms with Crippen LogP contribution in [0.4, 0.5) is 0 Å². The van der Waals surface area contributed by atoms with Crippen LogP contribution in [0.25, 0.3) is 11.0 Å². The lowest BCUT2D eigenvalue weighted by Crippen LogP contribution is -2.49. The number of hydrogen-bond acceptors (Lipinski definition) is 5. The van der Waals surface area contributed by atoms with Crippen LogP contribution in [0.2, 0.25) is 0 Å². The van der Waals surface area contributed by atoms with E-state index in [-0.39, 0.29) is 12.5 Å². The number of aromatic nitrogens is 3. The van der Waals surface area contributed by atoms with Crippen molar-refractivity contribution in [2.75, 3.05) is 39.3 Å². The van der Waals surface area contributed by atoms with Gasteiger partial charge < -0.3 is 10.0 Å². The lowest BCUT2D eigenvalue weighted by molar-refractivity contribution is 0.0615. The number of aliphatic hydroxyl groups excluding tert-OH is 1. The molecule has 0 atom stereocenters. The summed E-state index contributed by atoms with van der Waals surface area (Å²) in [6.07, 6.45) is 0. The van der Waals surface area contributed by atoms with Gasteiger partial charge in [0.05, 0.1) is 12.1 Å². The second-order valence-corrected chi connectivity index (χ2v) is 5.47. The van der Waals surface area contributed by atoms with Crippen molar-refractivity contribution in [2.45, 2.75) is 13.5 Å². The molecule has 118 valence electrons. The van der Waals surface area contributed by atoms with E-state index in [1.165, 1.54) is 0 Å². The van der Waals surface area contributed by atoms with Gasteiger partial charge in [-0.2, -0.15) is 0 Å². The first-order chi connectivity index (χ1) is 10.7. The third-order valence-electron chi connectivity index (χ3n) is 4.14. The van der Waals surface area contributed by atoms with Gasteiger partial charge in [0.2, 0.25) is 0 Å². The molecule has 1 aromatic heterocycles. The molecule has 1 aromatic carbocycles. The van der Waals surface area contributed by atoms with Crippen molar-refractivity contribution in [3.8, 4) is 0 Å². The Labute approximate surface area is 129 Å². The topological polar surface area (TPSA) is 74.5 Å². The van der Waals surface area contributed by atoms with Crippen LogP contribution in [-0.4, -0.2) is 75.1 Å². The second-order valence-electron chi connectivity index (χ2n) is 5.47. The molecule has 0 unspecified atom stereocenters. The van der Waals surface area contributed by atoms with E-state index in [0.29, 0.717) is 25.2 Å². The molecule has 22 heavy (non-hydrogen) atoms. The zero-order chi connectivity index (χ0) is 15.5. The predicted molar refractivity (Wildman–Crippen MR) is 82.6 cm³/mol. The Kier molecular flexibility index (Phi) is 4.35. The van der Waals surface area contributed by atoms with Gasteiger partial charge in [-0.3, -0.25) is 9.69 Å². The van der Waals surface area contributed by atoms with Crippen molar-refractivity contribution >= 4 is 16.9 Å². The lowest BCUT2D eigenvalue weighted by atomic mass is 10.1. The van der Waals surface area contributed by atoms with Gasteiger partial charge in [0, 0.05) is 44.8 Å². The van der Waals surface area contributed by atoms with Crippen LogP contribution in [0.5, 0.6) is 0 Å². The molecule has 0 radical (unpaired) electrons. The molecule has 3 rings (SSSR count). The standard InChI is InChI=1S/C15H21N5O2/c1-2-20-14-4-3-12(11-13(14)16-17-20)15(22)19-7-5-18(6-8-19)9-10-21/h3-4,11,21H,2,5-10H2,1H3. The number of aryl methyl sites for hydroxylation is 1. The Hall–Kier alpha value is -1.99. The highest BCUT2D eigenvalue weighted by Gasteiger charge is 2.22. The smallest absolute Gasteiger partial charge is 0.254 e. The van der Waals surface area contributed by atoms with Gasteiger partial charge >= 0.3 is 0 Å². The fourth-order valence-corrected chi connectivity index (χ4v) is 2.84. The molecule has 7 nitrogen and oxygen atoms in total. The molecule has 0 saturated carbocycles. The summed E-state index contributed by atoms with van der Waals surface area (Å²) in [7, 11) is 0. The van der Waals surface area contributed by atoms with Gasteiger partial charge in [-0.1, -0.05) is 5.21 Å². The van der Waals surface area contributed by atoms with Crippen LogP contribution in [0.3, 0.4) is 0 Å². The van der Waals surface area contributed by atoms with Gasteiger partial charge in [0.15, 0.2) is 0 Å². The quantitative estimate of drug-likeness (QED) is 0.873. The van der Waals surface area contributed by atoms with E-state index in [1.807, 2.05) is 34.7 Å². The monoisotopic (exact) mass is 303 g/mol. The highest BCUT2D eigenvalue weighted by molar-refractivity contribution is 5.97. The maximum Gasteiger partial charge on any atom is 0.254 e. The van der Waals surface area contributed by atoms with E-state index < -0.39 is 0 Å². The Morgan fingerprint density at radius 2 is 2.05 bits per heavy atom. The molecule has 0 aliphatic carbocycles. The van der Waals surface area contributed by atoms with E-state index in [1.54, 1.807) is 0 Å². The molecule has 1 fully saturated rings. The van der Waals surface area contributed by atoms with Crippen molar-refractivity contribution in [2.24, 2.45) is 0 Å². The summed E-state index contributed by atoms with van der Waals surface area (Å²) in [5, 5.41) is 17.1. The van der Waals surface area contributed by atoms with E-state index in [0.717, 1.165) is 30.7 Å². The van der Waals surface area contributed by atoms with Crippen LogP contribution < -0.4 is 0 Å². The normalized spacial score (nSPS) is 16.4. The molecule has 1 aliphatic rings. The fourth-order valence-electron chi connectivity index (χ4n) is 2.84. The van der Waals surface area contributed by atoms with Crippen LogP contribution in [0, 0.1) is 0 Å². The summed E-state index contributed by atoms with van der Waals surface area (Å²) in [6, 6.07) is 5.57. The largest absolute Gasteiger partial charge is 0.395 e. The zero-order valence-corrected chi connectivity index (χ0v) is 12.8. The van der Waals surface area contributed by atoms with Gasteiger partial charge in [-0.05, 0) is 25.1 Å². The molecular weight excluding hydrogens is 282 g/mol. The number of carbonyl (C=O) groups excluding carboxylic acids is 1.